The van der Waals surface area contributed by atoms with Crippen LogP contribution in [-0.4, -0.2) is 36.1 Å². The van der Waals surface area contributed by atoms with Gasteiger partial charge >= 0.3 is 0 Å². The van der Waals surface area contributed by atoms with E-state index in [0.29, 0.717) is 19.6 Å². The fourth-order valence-electron chi connectivity index (χ4n) is 2.53. The summed E-state index contributed by atoms with van der Waals surface area (Å²) in [6.07, 6.45) is 0.329. The van der Waals surface area contributed by atoms with Gasteiger partial charge in [-0.3, -0.25) is 4.79 Å². The number of hydrogen-bond acceptors (Lipinski definition) is 5. The van der Waals surface area contributed by atoms with Gasteiger partial charge in [0.1, 0.15) is 13.2 Å². The summed E-state index contributed by atoms with van der Waals surface area (Å²) < 4.78 is 11.2. The molecule has 1 aromatic carbocycles. The molecule has 6 heteroatoms. The molecule has 1 unspecified atom stereocenters. The summed E-state index contributed by atoms with van der Waals surface area (Å²) in [5.41, 5.74) is 1.86. The number of nitrogens with zero attached hydrogens (tertiary/aromatic N) is 2. The van der Waals surface area contributed by atoms with Crippen LogP contribution < -0.4 is 9.47 Å². The second kappa shape index (κ2) is 6.58. The van der Waals surface area contributed by atoms with Crippen LogP contribution in [0.4, 0.5) is 0 Å². The summed E-state index contributed by atoms with van der Waals surface area (Å²) in [5, 5.41) is 2.92. The monoisotopic (exact) mass is 332 g/mol. The molecule has 0 spiro atoms. The minimum Gasteiger partial charge on any atom is -0.486 e. The van der Waals surface area contributed by atoms with Gasteiger partial charge in [0.15, 0.2) is 11.5 Å². The summed E-state index contributed by atoms with van der Waals surface area (Å²) in [6.45, 7) is 5.09. The Bertz CT molecular complexity index is 714. The fourth-order valence-corrected chi connectivity index (χ4v) is 3.14. The number of benzene rings is 1. The lowest BCUT2D eigenvalue weighted by Crippen LogP contribution is -2.31. The number of rotatable bonds is 4. The number of aromatic nitrogens is 1. The number of hydrogen-bond donors (Lipinski definition) is 0. The van der Waals surface area contributed by atoms with Crippen LogP contribution in [-0.2, 0) is 11.2 Å². The van der Waals surface area contributed by atoms with Crippen LogP contribution in [0.15, 0.2) is 23.6 Å². The van der Waals surface area contributed by atoms with Crippen molar-refractivity contribution in [1.82, 2.24) is 9.88 Å². The Kier molecular flexibility index (Phi) is 4.52. The number of fused-ring (bicyclic) bond motifs is 1. The molecule has 2 aromatic rings. The Morgan fingerprint density at radius 2 is 2.09 bits per heavy atom. The highest BCUT2D eigenvalue weighted by Crippen LogP contribution is 2.33. The van der Waals surface area contributed by atoms with Crippen molar-refractivity contribution in [2.45, 2.75) is 26.3 Å². The third kappa shape index (κ3) is 3.47. The number of carbonyl (C=O) groups excluding carboxylic acids is 1. The van der Waals surface area contributed by atoms with E-state index in [1.54, 1.807) is 16.2 Å². The molecule has 23 heavy (non-hydrogen) atoms. The second-order valence-electron chi connectivity index (χ2n) is 5.62. The molecule has 0 fully saturated rings. The molecular weight excluding hydrogens is 312 g/mol. The van der Waals surface area contributed by atoms with Crippen molar-refractivity contribution in [2.75, 3.05) is 20.3 Å². The van der Waals surface area contributed by atoms with Crippen molar-refractivity contribution in [2.24, 2.45) is 0 Å². The number of aryl methyl sites for hydroxylation is 1. The van der Waals surface area contributed by atoms with Crippen LogP contribution in [0.3, 0.4) is 0 Å². The molecule has 2 heterocycles. The highest BCUT2D eigenvalue weighted by Gasteiger charge is 2.21. The maximum absolute atomic E-state index is 12.5. The SMILES string of the molecule is Cc1nc(CC(=O)N(C)C(C)c2ccc3c(c2)OCCO3)cs1. The zero-order valence-corrected chi connectivity index (χ0v) is 14.4. The van der Waals surface area contributed by atoms with Gasteiger partial charge in [-0.1, -0.05) is 6.07 Å². The number of ether oxygens (including phenoxy) is 2. The highest BCUT2D eigenvalue weighted by molar-refractivity contribution is 7.09. The number of amides is 1. The predicted molar refractivity (Wildman–Crippen MR) is 89.2 cm³/mol. The van der Waals surface area contributed by atoms with Gasteiger partial charge in [0.05, 0.1) is 23.2 Å². The van der Waals surface area contributed by atoms with Gasteiger partial charge in [0.25, 0.3) is 0 Å². The summed E-state index contributed by atoms with van der Waals surface area (Å²) in [4.78, 5) is 18.6. The molecule has 1 aliphatic rings. The van der Waals surface area contributed by atoms with Crippen molar-refractivity contribution in [3.63, 3.8) is 0 Å². The van der Waals surface area contributed by atoms with E-state index in [-0.39, 0.29) is 11.9 Å². The summed E-state index contributed by atoms with van der Waals surface area (Å²) in [5.74, 6) is 1.56. The van der Waals surface area contributed by atoms with E-state index in [1.807, 2.05) is 44.5 Å². The molecule has 0 saturated carbocycles. The Labute approximate surface area is 139 Å². The first-order valence-corrected chi connectivity index (χ1v) is 8.49. The quantitative estimate of drug-likeness (QED) is 0.864. The van der Waals surface area contributed by atoms with Crippen molar-refractivity contribution in [3.8, 4) is 11.5 Å². The standard InChI is InChI=1S/C17H20N2O3S/c1-11(13-4-5-15-16(8-13)22-7-6-21-15)19(3)17(20)9-14-10-23-12(2)18-14/h4-5,8,10-11H,6-7,9H2,1-3H3. The van der Waals surface area contributed by atoms with Crippen LogP contribution in [0.1, 0.15) is 29.2 Å². The summed E-state index contributed by atoms with van der Waals surface area (Å²) in [7, 11) is 1.82. The molecule has 5 nitrogen and oxygen atoms in total. The zero-order valence-electron chi connectivity index (χ0n) is 13.5. The Morgan fingerprint density at radius 3 is 2.78 bits per heavy atom. The lowest BCUT2D eigenvalue weighted by atomic mass is 10.1. The molecule has 1 aromatic heterocycles. The molecule has 1 amide bonds. The molecule has 122 valence electrons. The Morgan fingerprint density at radius 1 is 1.35 bits per heavy atom. The first-order chi connectivity index (χ1) is 11.0. The average Bonchev–Trinajstić information content (AvgIpc) is 2.97. The van der Waals surface area contributed by atoms with E-state index in [4.69, 9.17) is 9.47 Å². The summed E-state index contributed by atoms with van der Waals surface area (Å²) in [6, 6.07) is 5.80. The molecule has 3 rings (SSSR count). The van der Waals surface area contributed by atoms with E-state index >= 15 is 0 Å². The van der Waals surface area contributed by atoms with Crippen molar-refractivity contribution in [3.05, 3.63) is 39.8 Å². The van der Waals surface area contributed by atoms with Crippen LogP contribution in [0, 0.1) is 6.92 Å². The first-order valence-electron chi connectivity index (χ1n) is 7.61. The van der Waals surface area contributed by atoms with E-state index in [0.717, 1.165) is 27.8 Å². The minimum atomic E-state index is -0.0435. The van der Waals surface area contributed by atoms with Gasteiger partial charge in [-0.05, 0) is 31.5 Å². The number of likely N-dealkylation sites (N-methyl/N-ethyl adjacent to an activating group) is 1. The number of thiazole rings is 1. The Balaban J connectivity index is 1.71. The zero-order chi connectivity index (χ0) is 16.4. The molecule has 1 atom stereocenters. The van der Waals surface area contributed by atoms with E-state index in [2.05, 4.69) is 4.98 Å². The smallest absolute Gasteiger partial charge is 0.228 e. The summed E-state index contributed by atoms with van der Waals surface area (Å²) >= 11 is 1.57. The number of carbonyl (C=O) groups is 1. The van der Waals surface area contributed by atoms with Gasteiger partial charge in [-0.2, -0.15) is 0 Å². The largest absolute Gasteiger partial charge is 0.486 e. The van der Waals surface area contributed by atoms with Crippen molar-refractivity contribution in [1.29, 1.82) is 0 Å². The predicted octanol–water partition coefficient (Wildman–Crippen LogP) is 2.98. The van der Waals surface area contributed by atoms with E-state index < -0.39 is 0 Å². The molecule has 0 radical (unpaired) electrons. The molecule has 0 saturated heterocycles. The molecule has 0 bridgehead atoms. The Hall–Kier alpha value is -2.08. The maximum Gasteiger partial charge on any atom is 0.228 e. The third-order valence-corrected chi connectivity index (χ3v) is 4.84. The lowest BCUT2D eigenvalue weighted by molar-refractivity contribution is -0.131. The molecular formula is C17H20N2O3S. The topological polar surface area (TPSA) is 51.7 Å². The van der Waals surface area contributed by atoms with Gasteiger partial charge in [0, 0.05) is 12.4 Å². The van der Waals surface area contributed by atoms with E-state index in [1.165, 1.54) is 0 Å². The van der Waals surface area contributed by atoms with Crippen molar-refractivity contribution < 1.29 is 14.3 Å². The molecule has 1 aliphatic heterocycles. The first kappa shape index (κ1) is 15.8. The van der Waals surface area contributed by atoms with Gasteiger partial charge in [-0.25, -0.2) is 4.98 Å². The van der Waals surface area contributed by atoms with E-state index in [9.17, 15) is 4.79 Å². The second-order valence-corrected chi connectivity index (χ2v) is 6.68. The van der Waals surface area contributed by atoms with Crippen LogP contribution in [0.25, 0.3) is 0 Å². The van der Waals surface area contributed by atoms with Gasteiger partial charge in [-0.15, -0.1) is 11.3 Å². The average molecular weight is 332 g/mol. The minimum absolute atomic E-state index is 0.0435. The van der Waals surface area contributed by atoms with Crippen LogP contribution >= 0.6 is 11.3 Å². The highest BCUT2D eigenvalue weighted by atomic mass is 32.1. The third-order valence-electron chi connectivity index (χ3n) is 4.02. The normalized spacial score (nSPS) is 14.4. The lowest BCUT2D eigenvalue weighted by Gasteiger charge is -2.27. The molecule has 0 aliphatic carbocycles. The molecule has 0 N–H and O–H groups in total. The van der Waals surface area contributed by atoms with Gasteiger partial charge in [0.2, 0.25) is 5.91 Å². The van der Waals surface area contributed by atoms with Crippen LogP contribution in [0.5, 0.6) is 11.5 Å². The van der Waals surface area contributed by atoms with Crippen molar-refractivity contribution >= 4 is 17.2 Å². The fraction of sp³-hybridized carbons (Fsp3) is 0.412. The van der Waals surface area contributed by atoms with Gasteiger partial charge < -0.3 is 14.4 Å². The maximum atomic E-state index is 12.5. The van der Waals surface area contributed by atoms with Crippen LogP contribution in [0.2, 0.25) is 0 Å².